The monoisotopic (exact) mass is 283 g/mol. The van der Waals surface area contributed by atoms with E-state index in [-0.39, 0.29) is 0 Å². The van der Waals surface area contributed by atoms with Crippen molar-refractivity contribution in [2.75, 3.05) is 45.8 Å². The first-order chi connectivity index (χ1) is 9.40. The van der Waals surface area contributed by atoms with Crippen LogP contribution in [0.1, 0.15) is 6.42 Å². The molecule has 1 aliphatic rings. The van der Waals surface area contributed by atoms with Crippen LogP contribution in [-0.4, -0.2) is 45.8 Å². The van der Waals surface area contributed by atoms with Gasteiger partial charge >= 0.3 is 0 Å². The van der Waals surface area contributed by atoms with Crippen molar-refractivity contribution in [1.29, 1.82) is 0 Å². The van der Waals surface area contributed by atoms with Crippen molar-refractivity contribution < 1.29 is 14.2 Å². The van der Waals surface area contributed by atoms with E-state index < -0.39 is 0 Å². The summed E-state index contributed by atoms with van der Waals surface area (Å²) in [4.78, 5) is 1.22. The molecule has 1 N–H and O–H groups in total. The molecule has 1 aromatic carbocycles. The van der Waals surface area contributed by atoms with Gasteiger partial charge in [0.1, 0.15) is 0 Å². The summed E-state index contributed by atoms with van der Waals surface area (Å²) >= 11 is 1.82. The molecule has 106 valence electrons. The average molecular weight is 283 g/mol. The third-order valence-corrected chi connectivity index (χ3v) is 3.75. The van der Waals surface area contributed by atoms with Gasteiger partial charge in [-0.15, -0.1) is 11.8 Å². The van der Waals surface area contributed by atoms with Crippen molar-refractivity contribution in [3.05, 3.63) is 18.2 Å². The van der Waals surface area contributed by atoms with Gasteiger partial charge in [0.05, 0.1) is 19.8 Å². The second-order valence-corrected chi connectivity index (χ2v) is 5.42. The van der Waals surface area contributed by atoms with Crippen molar-refractivity contribution in [3.8, 4) is 11.5 Å². The summed E-state index contributed by atoms with van der Waals surface area (Å²) in [5, 5.41) is 3.33. The predicted octanol–water partition coefficient (Wildman–Crippen LogP) is 2.18. The molecule has 0 saturated carbocycles. The van der Waals surface area contributed by atoms with Crippen LogP contribution in [0.15, 0.2) is 23.1 Å². The highest BCUT2D eigenvalue weighted by Gasteiger charge is 2.10. The number of ether oxygens (including phenoxy) is 3. The Morgan fingerprint density at radius 2 is 2.05 bits per heavy atom. The zero-order chi connectivity index (χ0) is 13.3. The number of methoxy groups -OCH3 is 1. The van der Waals surface area contributed by atoms with Gasteiger partial charge in [-0.05, 0) is 18.2 Å². The van der Waals surface area contributed by atoms with Crippen LogP contribution < -0.4 is 14.8 Å². The van der Waals surface area contributed by atoms with Crippen molar-refractivity contribution >= 4 is 11.8 Å². The standard InChI is InChI=1S/C14H21NO3S/c1-16-9-5-15-6-10-19-12-3-4-13-14(11-12)18-8-2-7-17-13/h3-4,11,15H,2,5-10H2,1H3. The highest BCUT2D eigenvalue weighted by Crippen LogP contribution is 2.33. The second-order valence-electron chi connectivity index (χ2n) is 4.25. The Morgan fingerprint density at radius 3 is 2.89 bits per heavy atom. The summed E-state index contributed by atoms with van der Waals surface area (Å²) in [7, 11) is 1.72. The number of hydrogen-bond acceptors (Lipinski definition) is 5. The van der Waals surface area contributed by atoms with E-state index in [0.717, 1.165) is 56.6 Å². The lowest BCUT2D eigenvalue weighted by Gasteiger charge is -2.09. The number of benzene rings is 1. The van der Waals surface area contributed by atoms with Gasteiger partial charge < -0.3 is 19.5 Å². The van der Waals surface area contributed by atoms with E-state index in [1.54, 1.807) is 7.11 Å². The van der Waals surface area contributed by atoms with Crippen LogP contribution in [0.4, 0.5) is 0 Å². The topological polar surface area (TPSA) is 39.7 Å². The van der Waals surface area contributed by atoms with E-state index in [0.29, 0.717) is 0 Å². The van der Waals surface area contributed by atoms with Crippen LogP contribution >= 0.6 is 11.8 Å². The third kappa shape index (κ3) is 4.93. The molecule has 0 saturated heterocycles. The Kier molecular flexibility index (Phi) is 6.33. The first kappa shape index (κ1) is 14.5. The highest BCUT2D eigenvalue weighted by atomic mass is 32.2. The molecule has 1 aliphatic heterocycles. The minimum Gasteiger partial charge on any atom is -0.490 e. The molecule has 19 heavy (non-hydrogen) atoms. The Labute approximate surface area is 118 Å². The largest absolute Gasteiger partial charge is 0.490 e. The minimum absolute atomic E-state index is 0.736. The smallest absolute Gasteiger partial charge is 0.162 e. The van der Waals surface area contributed by atoms with E-state index in [9.17, 15) is 0 Å². The van der Waals surface area contributed by atoms with E-state index in [1.165, 1.54) is 4.90 Å². The molecule has 1 aromatic rings. The number of thioether (sulfide) groups is 1. The molecule has 0 aromatic heterocycles. The normalized spacial score (nSPS) is 14.2. The van der Waals surface area contributed by atoms with Gasteiger partial charge in [-0.3, -0.25) is 0 Å². The van der Waals surface area contributed by atoms with E-state index in [2.05, 4.69) is 17.4 Å². The summed E-state index contributed by atoms with van der Waals surface area (Å²) < 4.78 is 16.3. The summed E-state index contributed by atoms with van der Waals surface area (Å²) in [5.41, 5.74) is 0. The molecule has 5 heteroatoms. The van der Waals surface area contributed by atoms with Crippen molar-refractivity contribution in [2.24, 2.45) is 0 Å². The quantitative estimate of drug-likeness (QED) is 0.613. The lowest BCUT2D eigenvalue weighted by molar-refractivity contribution is 0.200. The van der Waals surface area contributed by atoms with Crippen molar-refractivity contribution in [1.82, 2.24) is 5.32 Å². The molecule has 0 aliphatic carbocycles. The van der Waals surface area contributed by atoms with Crippen molar-refractivity contribution in [2.45, 2.75) is 11.3 Å². The lowest BCUT2D eigenvalue weighted by atomic mass is 10.3. The van der Waals surface area contributed by atoms with Gasteiger partial charge in [-0.25, -0.2) is 0 Å². The van der Waals surface area contributed by atoms with E-state index in [4.69, 9.17) is 14.2 Å². The summed E-state index contributed by atoms with van der Waals surface area (Å²) in [6.07, 6.45) is 0.945. The van der Waals surface area contributed by atoms with Crippen LogP contribution in [0.5, 0.6) is 11.5 Å². The summed E-state index contributed by atoms with van der Waals surface area (Å²) in [6, 6.07) is 6.16. The van der Waals surface area contributed by atoms with Crippen LogP contribution in [0, 0.1) is 0 Å². The molecule has 0 bridgehead atoms. The maximum atomic E-state index is 5.68. The Hall–Kier alpha value is -0.910. The van der Waals surface area contributed by atoms with Crippen LogP contribution in [0.2, 0.25) is 0 Å². The van der Waals surface area contributed by atoms with Gasteiger partial charge in [0.15, 0.2) is 11.5 Å². The fraction of sp³-hybridized carbons (Fsp3) is 0.571. The van der Waals surface area contributed by atoms with Crippen LogP contribution in [-0.2, 0) is 4.74 Å². The van der Waals surface area contributed by atoms with Crippen LogP contribution in [0.3, 0.4) is 0 Å². The molecule has 0 fully saturated rings. The average Bonchev–Trinajstić information content (AvgIpc) is 2.67. The molecule has 0 atom stereocenters. The molecular formula is C14H21NO3S. The molecule has 0 radical (unpaired) electrons. The maximum Gasteiger partial charge on any atom is 0.162 e. The fourth-order valence-corrected chi connectivity index (χ4v) is 2.61. The van der Waals surface area contributed by atoms with Crippen LogP contribution in [0.25, 0.3) is 0 Å². The van der Waals surface area contributed by atoms with Gasteiger partial charge in [0.25, 0.3) is 0 Å². The van der Waals surface area contributed by atoms with E-state index >= 15 is 0 Å². The molecule has 4 nitrogen and oxygen atoms in total. The van der Waals surface area contributed by atoms with Gasteiger partial charge in [-0.1, -0.05) is 0 Å². The Balaban J connectivity index is 1.76. The summed E-state index contributed by atoms with van der Waals surface area (Å²) in [5.74, 6) is 2.76. The minimum atomic E-state index is 0.736. The van der Waals surface area contributed by atoms with Crippen molar-refractivity contribution in [3.63, 3.8) is 0 Å². The number of fused-ring (bicyclic) bond motifs is 1. The molecule has 0 spiro atoms. The zero-order valence-corrected chi connectivity index (χ0v) is 12.1. The van der Waals surface area contributed by atoms with Gasteiger partial charge in [0.2, 0.25) is 0 Å². The number of nitrogens with one attached hydrogen (secondary N) is 1. The molecular weight excluding hydrogens is 262 g/mol. The van der Waals surface area contributed by atoms with Gasteiger partial charge in [-0.2, -0.15) is 0 Å². The second kappa shape index (κ2) is 8.30. The SMILES string of the molecule is COCCNCCSc1ccc2c(c1)OCCCO2. The zero-order valence-electron chi connectivity index (χ0n) is 11.3. The highest BCUT2D eigenvalue weighted by molar-refractivity contribution is 7.99. The predicted molar refractivity (Wildman–Crippen MR) is 77.5 cm³/mol. The molecule has 0 unspecified atom stereocenters. The summed E-state index contributed by atoms with van der Waals surface area (Å²) in [6.45, 7) is 4.11. The molecule has 2 rings (SSSR count). The van der Waals surface area contributed by atoms with E-state index in [1.807, 2.05) is 17.8 Å². The third-order valence-electron chi connectivity index (χ3n) is 2.75. The molecule has 0 amide bonds. The number of rotatable bonds is 7. The maximum absolute atomic E-state index is 5.68. The first-order valence-electron chi connectivity index (χ1n) is 6.62. The lowest BCUT2D eigenvalue weighted by Crippen LogP contribution is -2.21. The number of hydrogen-bond donors (Lipinski definition) is 1. The fourth-order valence-electron chi connectivity index (χ4n) is 1.77. The molecule has 1 heterocycles. The van der Waals surface area contributed by atoms with Gasteiger partial charge in [0, 0.05) is 37.3 Å². The Bertz CT molecular complexity index is 387. The Morgan fingerprint density at radius 1 is 1.21 bits per heavy atom. The first-order valence-corrected chi connectivity index (χ1v) is 7.61.